The number of carbonyl (C=O) groups is 2. The summed E-state index contributed by atoms with van der Waals surface area (Å²) in [6.45, 7) is 12.4. The third-order valence-corrected chi connectivity index (χ3v) is 4.56. The topological polar surface area (TPSA) is 101 Å². The molecule has 2 aromatic rings. The van der Waals surface area contributed by atoms with E-state index in [9.17, 15) is 14.7 Å². The number of nitrogens with two attached hydrogens (primary N) is 1. The van der Waals surface area contributed by atoms with Gasteiger partial charge < -0.3 is 15.9 Å². The van der Waals surface area contributed by atoms with E-state index in [0.29, 0.717) is 12.0 Å². The van der Waals surface area contributed by atoms with Gasteiger partial charge in [-0.2, -0.15) is 0 Å². The van der Waals surface area contributed by atoms with Crippen LogP contribution in [-0.4, -0.2) is 28.5 Å². The molecule has 0 amide bonds. The number of carbonyl (C=O) groups excluding carboxylic acids is 1. The van der Waals surface area contributed by atoms with Crippen molar-refractivity contribution in [2.45, 2.75) is 64.8 Å². The summed E-state index contributed by atoms with van der Waals surface area (Å²) < 4.78 is 0. The minimum absolute atomic E-state index is 0.0362. The molecule has 0 bridgehead atoms. The summed E-state index contributed by atoms with van der Waals surface area (Å²) >= 11 is 0. The predicted molar refractivity (Wildman–Crippen MR) is 117 cm³/mol. The van der Waals surface area contributed by atoms with Gasteiger partial charge in [0.25, 0.3) is 0 Å². The summed E-state index contributed by atoms with van der Waals surface area (Å²) in [7, 11) is 0. The Balaban J connectivity index is 0.000000308. The van der Waals surface area contributed by atoms with Crippen LogP contribution in [0.15, 0.2) is 42.5 Å². The van der Waals surface area contributed by atoms with E-state index in [1.54, 1.807) is 6.07 Å². The quantitative estimate of drug-likeness (QED) is 0.660. The van der Waals surface area contributed by atoms with Gasteiger partial charge in [0.15, 0.2) is 6.29 Å². The van der Waals surface area contributed by atoms with Gasteiger partial charge >= 0.3 is 5.97 Å². The summed E-state index contributed by atoms with van der Waals surface area (Å²) in [4.78, 5) is 21.4. The molecule has 0 saturated carbocycles. The first kappa shape index (κ1) is 24.4. The van der Waals surface area contributed by atoms with Crippen LogP contribution in [0.2, 0.25) is 0 Å². The smallest absolute Gasteiger partial charge is 0.320 e. The zero-order valence-electron chi connectivity index (χ0n) is 18.2. The molecule has 2 rings (SSSR count). The van der Waals surface area contributed by atoms with E-state index >= 15 is 0 Å². The van der Waals surface area contributed by atoms with E-state index in [4.69, 9.17) is 10.8 Å². The molecule has 0 aliphatic rings. The summed E-state index contributed by atoms with van der Waals surface area (Å²) in [5.74, 6) is -0.848. The van der Waals surface area contributed by atoms with Crippen molar-refractivity contribution < 1.29 is 19.8 Å². The van der Waals surface area contributed by atoms with Crippen LogP contribution in [0, 0.1) is 0 Å². The van der Waals surface area contributed by atoms with Crippen molar-refractivity contribution >= 4 is 12.3 Å². The second-order valence-corrected chi connectivity index (χ2v) is 9.21. The SMILES string of the molecule is CC(C)(C)c1cc(C=O)c(O)c(C(C)(C)C)c1.NC(Cc1ccccc1)C(=O)O. The Bertz CT molecular complexity index is 830. The van der Waals surface area contributed by atoms with Gasteiger partial charge in [-0.05, 0) is 34.4 Å². The molecule has 1 unspecified atom stereocenters. The fourth-order valence-corrected chi connectivity index (χ4v) is 2.71. The van der Waals surface area contributed by atoms with Gasteiger partial charge in [-0.1, -0.05) is 77.9 Å². The Hall–Kier alpha value is -2.66. The Morgan fingerprint density at radius 2 is 1.59 bits per heavy atom. The maximum atomic E-state index is 11.0. The third kappa shape index (κ3) is 7.35. The lowest BCUT2D eigenvalue weighted by Gasteiger charge is -2.26. The van der Waals surface area contributed by atoms with Crippen LogP contribution in [0.25, 0.3) is 0 Å². The number of phenolic OH excluding ortho intramolecular Hbond substituents is 1. The lowest BCUT2D eigenvalue weighted by atomic mass is 9.79. The largest absolute Gasteiger partial charge is 0.507 e. The van der Waals surface area contributed by atoms with E-state index in [1.807, 2.05) is 57.2 Å². The number of aldehydes is 1. The molecule has 0 aliphatic heterocycles. The Morgan fingerprint density at radius 3 is 2.00 bits per heavy atom. The van der Waals surface area contributed by atoms with Crippen LogP contribution in [0.1, 0.15) is 68.6 Å². The number of hydrogen-bond donors (Lipinski definition) is 3. The Kier molecular flexibility index (Phi) is 8.15. The van der Waals surface area contributed by atoms with Crippen molar-refractivity contribution in [2.75, 3.05) is 0 Å². The highest BCUT2D eigenvalue weighted by molar-refractivity contribution is 5.81. The molecule has 0 aliphatic carbocycles. The number of rotatable bonds is 4. The Morgan fingerprint density at radius 1 is 1.03 bits per heavy atom. The van der Waals surface area contributed by atoms with E-state index in [0.717, 1.165) is 23.0 Å². The van der Waals surface area contributed by atoms with Gasteiger partial charge in [0.05, 0.1) is 5.56 Å². The van der Waals surface area contributed by atoms with E-state index in [-0.39, 0.29) is 16.6 Å². The van der Waals surface area contributed by atoms with Crippen LogP contribution in [0.3, 0.4) is 0 Å². The van der Waals surface area contributed by atoms with E-state index in [2.05, 4.69) is 20.8 Å². The fourth-order valence-electron chi connectivity index (χ4n) is 2.71. The van der Waals surface area contributed by atoms with Gasteiger partial charge in [-0.25, -0.2) is 0 Å². The molecule has 158 valence electrons. The van der Waals surface area contributed by atoms with Gasteiger partial charge in [0.1, 0.15) is 11.8 Å². The fraction of sp³-hybridized carbons (Fsp3) is 0.417. The number of phenols is 1. The molecule has 0 aromatic heterocycles. The summed E-state index contributed by atoms with van der Waals surface area (Å²) in [6, 6.07) is 12.3. The average Bonchev–Trinajstić information content (AvgIpc) is 2.61. The molecule has 5 nitrogen and oxygen atoms in total. The number of hydrogen-bond acceptors (Lipinski definition) is 4. The van der Waals surface area contributed by atoms with Crippen LogP contribution in [0.4, 0.5) is 0 Å². The van der Waals surface area contributed by atoms with Crippen molar-refractivity contribution in [3.8, 4) is 5.75 Å². The van der Waals surface area contributed by atoms with Crippen molar-refractivity contribution in [3.63, 3.8) is 0 Å². The molecule has 5 heteroatoms. The first-order valence-electron chi connectivity index (χ1n) is 9.62. The molecule has 0 fully saturated rings. The van der Waals surface area contributed by atoms with E-state index < -0.39 is 12.0 Å². The monoisotopic (exact) mass is 399 g/mol. The summed E-state index contributed by atoms with van der Waals surface area (Å²) in [5.41, 5.74) is 8.36. The van der Waals surface area contributed by atoms with Crippen LogP contribution in [-0.2, 0) is 22.0 Å². The number of aliphatic carboxylic acids is 1. The van der Waals surface area contributed by atoms with Crippen LogP contribution in [0.5, 0.6) is 5.75 Å². The van der Waals surface area contributed by atoms with E-state index in [1.165, 1.54) is 0 Å². The molecule has 0 radical (unpaired) electrons. The zero-order chi connectivity index (χ0) is 22.4. The number of benzene rings is 2. The number of aromatic hydroxyl groups is 1. The third-order valence-electron chi connectivity index (χ3n) is 4.56. The molecule has 2 aromatic carbocycles. The first-order valence-corrected chi connectivity index (χ1v) is 9.62. The highest BCUT2D eigenvalue weighted by Gasteiger charge is 2.24. The van der Waals surface area contributed by atoms with Crippen molar-refractivity contribution in [1.82, 2.24) is 0 Å². The van der Waals surface area contributed by atoms with Gasteiger partial charge in [-0.3, -0.25) is 9.59 Å². The zero-order valence-corrected chi connectivity index (χ0v) is 18.2. The molecular formula is C24H33NO4. The maximum absolute atomic E-state index is 11.0. The summed E-state index contributed by atoms with van der Waals surface area (Å²) in [5, 5.41) is 18.6. The number of carboxylic acids is 1. The molecule has 29 heavy (non-hydrogen) atoms. The molecule has 1 atom stereocenters. The first-order chi connectivity index (χ1) is 13.3. The second kappa shape index (κ2) is 9.70. The lowest BCUT2D eigenvalue weighted by Crippen LogP contribution is -2.32. The molecule has 4 N–H and O–H groups in total. The molecule has 0 heterocycles. The van der Waals surface area contributed by atoms with Crippen molar-refractivity contribution in [2.24, 2.45) is 5.73 Å². The minimum atomic E-state index is -0.959. The molecule has 0 spiro atoms. The molecule has 0 saturated heterocycles. The number of carboxylic acid groups (broad SMARTS) is 1. The van der Waals surface area contributed by atoms with Crippen molar-refractivity contribution in [1.29, 1.82) is 0 Å². The standard InChI is InChI=1S/C15H22O2.C9H11NO2/c1-14(2,3)11-7-10(9-16)13(17)12(8-11)15(4,5)6;10-8(9(11)12)6-7-4-2-1-3-5-7/h7-9,17H,1-6H3;1-5,8H,6,10H2,(H,11,12). The molecular weight excluding hydrogens is 366 g/mol. The van der Waals surface area contributed by atoms with Crippen LogP contribution >= 0.6 is 0 Å². The van der Waals surface area contributed by atoms with Gasteiger partial charge in [0, 0.05) is 5.56 Å². The minimum Gasteiger partial charge on any atom is -0.507 e. The predicted octanol–water partition coefficient (Wildman–Crippen LogP) is 4.44. The average molecular weight is 400 g/mol. The maximum Gasteiger partial charge on any atom is 0.320 e. The Labute approximate surface area is 173 Å². The normalized spacial score (nSPS) is 12.5. The lowest BCUT2D eigenvalue weighted by molar-refractivity contribution is -0.138. The van der Waals surface area contributed by atoms with Gasteiger partial charge in [0.2, 0.25) is 0 Å². The van der Waals surface area contributed by atoms with Crippen LogP contribution < -0.4 is 5.73 Å². The second-order valence-electron chi connectivity index (χ2n) is 9.21. The summed E-state index contributed by atoms with van der Waals surface area (Å²) in [6.07, 6.45) is 1.11. The van der Waals surface area contributed by atoms with Crippen molar-refractivity contribution in [3.05, 3.63) is 64.7 Å². The highest BCUT2D eigenvalue weighted by Crippen LogP contribution is 2.36. The highest BCUT2D eigenvalue weighted by atomic mass is 16.4. The van der Waals surface area contributed by atoms with Gasteiger partial charge in [-0.15, -0.1) is 0 Å².